The fourth-order valence-electron chi connectivity index (χ4n) is 2.96. The molecule has 0 aliphatic heterocycles. The van der Waals surface area contributed by atoms with Crippen LogP contribution in [0.25, 0.3) is 21.2 Å². The van der Waals surface area contributed by atoms with E-state index in [1.165, 1.54) is 11.3 Å². The van der Waals surface area contributed by atoms with Crippen molar-refractivity contribution in [2.45, 2.75) is 6.54 Å². The zero-order valence-corrected chi connectivity index (χ0v) is 16.1. The van der Waals surface area contributed by atoms with Gasteiger partial charge in [-0.05, 0) is 12.1 Å². The van der Waals surface area contributed by atoms with Gasteiger partial charge in [-0.3, -0.25) is 4.79 Å². The molecular formula is C21H16N2O4S. The second-order valence-corrected chi connectivity index (χ2v) is 6.92. The molecule has 2 aromatic heterocycles. The Balaban J connectivity index is 1.87. The van der Waals surface area contributed by atoms with Crippen molar-refractivity contribution in [1.29, 1.82) is 0 Å². The number of nitrogens with zero attached hydrogens (tertiary/aromatic N) is 2. The average Bonchev–Trinajstić information content (AvgIpc) is 3.28. The molecule has 0 aliphatic carbocycles. The molecule has 0 saturated carbocycles. The molecule has 0 bridgehead atoms. The Morgan fingerprint density at radius 1 is 1.21 bits per heavy atom. The molecule has 1 amide bonds. The number of aromatic nitrogens is 1. The van der Waals surface area contributed by atoms with E-state index in [0.29, 0.717) is 21.9 Å². The number of hydrogen-bond donors (Lipinski definition) is 0. The van der Waals surface area contributed by atoms with E-state index >= 15 is 0 Å². The van der Waals surface area contributed by atoms with Crippen LogP contribution >= 0.6 is 11.3 Å². The highest BCUT2D eigenvalue weighted by molar-refractivity contribution is 7.16. The standard InChI is InChI=1S/C21H16N2O4S/c1-4-9-23-14-11-16(25-2)17(26-3)12-19(14)28-21(23)22-20(24)18-10-13-7-5-6-8-15(13)27-18/h1,5-8,10-12H,9H2,2-3H3. The zero-order valence-electron chi connectivity index (χ0n) is 15.3. The third-order valence-electron chi connectivity index (χ3n) is 4.27. The first-order valence-electron chi connectivity index (χ1n) is 8.41. The summed E-state index contributed by atoms with van der Waals surface area (Å²) in [4.78, 5) is 17.4. The number of benzene rings is 2. The van der Waals surface area contributed by atoms with Crippen molar-refractivity contribution in [2.75, 3.05) is 14.2 Å². The van der Waals surface area contributed by atoms with Crippen LogP contribution in [-0.2, 0) is 6.54 Å². The number of rotatable bonds is 4. The summed E-state index contributed by atoms with van der Waals surface area (Å²) in [5, 5.41) is 0.850. The maximum atomic E-state index is 12.7. The van der Waals surface area contributed by atoms with Crippen molar-refractivity contribution in [1.82, 2.24) is 4.57 Å². The lowest BCUT2D eigenvalue weighted by molar-refractivity contribution is 0.0973. The second kappa shape index (κ2) is 7.25. The Bertz CT molecular complexity index is 1270. The van der Waals surface area contributed by atoms with Gasteiger partial charge in [0.25, 0.3) is 0 Å². The molecule has 7 heteroatoms. The molecule has 2 heterocycles. The van der Waals surface area contributed by atoms with Gasteiger partial charge in [-0.2, -0.15) is 4.99 Å². The largest absolute Gasteiger partial charge is 0.493 e. The van der Waals surface area contributed by atoms with Gasteiger partial charge in [-0.25, -0.2) is 0 Å². The number of thiazole rings is 1. The minimum absolute atomic E-state index is 0.182. The van der Waals surface area contributed by atoms with Crippen molar-refractivity contribution < 1.29 is 18.7 Å². The number of amides is 1. The monoisotopic (exact) mass is 392 g/mol. The maximum absolute atomic E-state index is 12.7. The van der Waals surface area contributed by atoms with Gasteiger partial charge in [0.2, 0.25) is 0 Å². The molecule has 0 N–H and O–H groups in total. The quantitative estimate of drug-likeness (QED) is 0.495. The third-order valence-corrected chi connectivity index (χ3v) is 5.31. The molecule has 2 aromatic carbocycles. The minimum Gasteiger partial charge on any atom is -0.493 e. The van der Waals surface area contributed by atoms with E-state index in [1.54, 1.807) is 24.9 Å². The predicted molar refractivity (Wildman–Crippen MR) is 108 cm³/mol. The van der Waals surface area contributed by atoms with Gasteiger partial charge in [-0.1, -0.05) is 35.5 Å². The molecule has 4 aromatic rings. The number of fused-ring (bicyclic) bond motifs is 2. The molecule has 4 rings (SSSR count). The predicted octanol–water partition coefficient (Wildman–Crippen LogP) is 3.84. The van der Waals surface area contributed by atoms with Crippen molar-refractivity contribution in [3.63, 3.8) is 0 Å². The van der Waals surface area contributed by atoms with E-state index in [0.717, 1.165) is 15.6 Å². The number of terminal acetylenes is 1. The first kappa shape index (κ1) is 17.9. The SMILES string of the molecule is C#CCn1c(=NC(=O)c2cc3ccccc3o2)sc2cc(OC)c(OC)cc21. The van der Waals surface area contributed by atoms with Crippen LogP contribution in [0.5, 0.6) is 11.5 Å². The molecule has 28 heavy (non-hydrogen) atoms. The summed E-state index contributed by atoms with van der Waals surface area (Å²) in [7, 11) is 3.14. The Morgan fingerprint density at radius 2 is 1.96 bits per heavy atom. The van der Waals surface area contributed by atoms with Crippen molar-refractivity contribution in [3.05, 3.63) is 53.0 Å². The minimum atomic E-state index is -0.465. The van der Waals surface area contributed by atoms with Crippen molar-refractivity contribution in [3.8, 4) is 23.8 Å². The van der Waals surface area contributed by atoms with Gasteiger partial charge in [0.05, 0.1) is 31.0 Å². The van der Waals surface area contributed by atoms with Crippen LogP contribution in [0, 0.1) is 12.3 Å². The highest BCUT2D eigenvalue weighted by Gasteiger charge is 2.15. The molecule has 0 saturated heterocycles. The number of carbonyl (C=O) groups excluding carboxylic acids is 1. The zero-order chi connectivity index (χ0) is 19.7. The molecule has 0 radical (unpaired) electrons. The van der Waals surface area contributed by atoms with Crippen LogP contribution in [-0.4, -0.2) is 24.7 Å². The molecule has 0 aliphatic rings. The van der Waals surface area contributed by atoms with Crippen LogP contribution in [0.1, 0.15) is 10.6 Å². The first-order chi connectivity index (χ1) is 13.6. The lowest BCUT2D eigenvalue weighted by atomic mass is 10.2. The molecule has 140 valence electrons. The normalized spacial score (nSPS) is 11.7. The summed E-state index contributed by atoms with van der Waals surface area (Å²) in [5.74, 6) is 3.50. The van der Waals surface area contributed by atoms with E-state index < -0.39 is 5.91 Å². The van der Waals surface area contributed by atoms with Crippen LogP contribution in [0.15, 0.2) is 51.9 Å². The summed E-state index contributed by atoms with van der Waals surface area (Å²) in [6.45, 7) is 0.266. The lowest BCUT2D eigenvalue weighted by Crippen LogP contribution is -2.16. The van der Waals surface area contributed by atoms with E-state index in [4.69, 9.17) is 20.3 Å². The topological polar surface area (TPSA) is 66.0 Å². The number of methoxy groups -OCH3 is 2. The highest BCUT2D eigenvalue weighted by Crippen LogP contribution is 2.33. The maximum Gasteiger partial charge on any atom is 0.315 e. The fourth-order valence-corrected chi connectivity index (χ4v) is 3.99. The van der Waals surface area contributed by atoms with E-state index in [-0.39, 0.29) is 12.3 Å². The van der Waals surface area contributed by atoms with Crippen LogP contribution < -0.4 is 14.3 Å². The number of furan rings is 1. The van der Waals surface area contributed by atoms with Gasteiger partial charge in [0.1, 0.15) is 5.58 Å². The van der Waals surface area contributed by atoms with Crippen LogP contribution in [0.3, 0.4) is 0 Å². The summed E-state index contributed by atoms with van der Waals surface area (Å²) in [5.41, 5.74) is 1.46. The van der Waals surface area contributed by atoms with Gasteiger partial charge in [-0.15, -0.1) is 6.42 Å². The second-order valence-electron chi connectivity index (χ2n) is 5.92. The smallest absolute Gasteiger partial charge is 0.315 e. The van der Waals surface area contributed by atoms with E-state index in [1.807, 2.05) is 36.4 Å². The highest BCUT2D eigenvalue weighted by atomic mass is 32.1. The number of para-hydroxylation sites is 1. The molecule has 0 atom stereocenters. The van der Waals surface area contributed by atoms with Crippen LogP contribution in [0.2, 0.25) is 0 Å². The Kier molecular flexibility index (Phi) is 4.63. The van der Waals surface area contributed by atoms with Crippen LogP contribution in [0.4, 0.5) is 0 Å². The van der Waals surface area contributed by atoms with Crippen molar-refractivity contribution in [2.24, 2.45) is 4.99 Å². The van der Waals surface area contributed by atoms with Crippen molar-refractivity contribution >= 4 is 38.4 Å². The summed E-state index contributed by atoms with van der Waals surface area (Å²) in [6.07, 6.45) is 5.53. The van der Waals surface area contributed by atoms with E-state index in [2.05, 4.69) is 10.9 Å². The molecule has 0 fully saturated rings. The Labute approximate surface area is 164 Å². The molecule has 0 unspecified atom stereocenters. The third kappa shape index (κ3) is 3.04. The number of carbonyl (C=O) groups is 1. The molecular weight excluding hydrogens is 376 g/mol. The summed E-state index contributed by atoms with van der Waals surface area (Å²) in [6, 6.07) is 12.8. The van der Waals surface area contributed by atoms with E-state index in [9.17, 15) is 4.79 Å². The molecule has 0 spiro atoms. The summed E-state index contributed by atoms with van der Waals surface area (Å²) >= 11 is 1.35. The average molecular weight is 392 g/mol. The van der Waals surface area contributed by atoms with Gasteiger partial charge >= 0.3 is 5.91 Å². The fraction of sp³-hybridized carbons (Fsp3) is 0.143. The van der Waals surface area contributed by atoms with Gasteiger partial charge in [0, 0.05) is 17.5 Å². The Morgan fingerprint density at radius 3 is 2.68 bits per heavy atom. The summed E-state index contributed by atoms with van der Waals surface area (Å²) < 4.78 is 19.0. The first-order valence-corrected chi connectivity index (χ1v) is 9.22. The number of ether oxygens (including phenoxy) is 2. The van der Waals surface area contributed by atoms with Gasteiger partial charge in [0.15, 0.2) is 22.1 Å². The Hall–Kier alpha value is -3.50. The number of hydrogen-bond acceptors (Lipinski definition) is 5. The van der Waals surface area contributed by atoms with Gasteiger partial charge < -0.3 is 18.5 Å². The molecule has 6 nitrogen and oxygen atoms in total. The lowest BCUT2D eigenvalue weighted by Gasteiger charge is -2.08.